The van der Waals surface area contributed by atoms with E-state index in [-0.39, 0.29) is 17.4 Å². The molecule has 0 radical (unpaired) electrons. The van der Waals surface area contributed by atoms with Crippen LogP contribution in [0.4, 0.5) is 0 Å². The highest BCUT2D eigenvalue weighted by Gasteiger charge is 2.37. The molecule has 0 aromatic rings. The fourth-order valence-electron chi connectivity index (χ4n) is 2.21. The van der Waals surface area contributed by atoms with Crippen molar-refractivity contribution in [3.05, 3.63) is 0 Å². The maximum absolute atomic E-state index is 12.0. The van der Waals surface area contributed by atoms with Crippen LogP contribution in [0.2, 0.25) is 0 Å². The number of rotatable bonds is 3. The second kappa shape index (κ2) is 5.64. The number of carbonyl (C=O) groups excluding carboxylic acids is 1. The molecule has 1 aliphatic rings. The van der Waals surface area contributed by atoms with Gasteiger partial charge in [-0.25, -0.2) is 0 Å². The zero-order valence-electron chi connectivity index (χ0n) is 10.9. The summed E-state index contributed by atoms with van der Waals surface area (Å²) in [5, 5.41) is 3.30. The summed E-state index contributed by atoms with van der Waals surface area (Å²) in [4.78, 5) is 14.2. The molecule has 0 amide bonds. The minimum Gasteiger partial charge on any atom is -0.465 e. The Labute approximate surface area is 98.3 Å². The lowest BCUT2D eigenvalue weighted by atomic mass is 9.85. The number of nitrogens with one attached hydrogen (secondary N) is 1. The van der Waals surface area contributed by atoms with Crippen LogP contribution in [0, 0.1) is 5.41 Å². The first-order chi connectivity index (χ1) is 7.46. The summed E-state index contributed by atoms with van der Waals surface area (Å²) in [7, 11) is 0. The molecule has 1 unspecified atom stereocenters. The van der Waals surface area contributed by atoms with E-state index < -0.39 is 0 Å². The Morgan fingerprint density at radius 2 is 1.94 bits per heavy atom. The minimum atomic E-state index is -0.130. The second-order valence-corrected chi connectivity index (χ2v) is 5.31. The van der Waals surface area contributed by atoms with Gasteiger partial charge in [-0.1, -0.05) is 20.8 Å². The molecule has 0 aromatic carbocycles. The Morgan fingerprint density at radius 1 is 1.38 bits per heavy atom. The summed E-state index contributed by atoms with van der Waals surface area (Å²) in [6.45, 7) is 12.3. The molecule has 0 bridgehead atoms. The fourth-order valence-corrected chi connectivity index (χ4v) is 2.21. The highest BCUT2D eigenvalue weighted by atomic mass is 16.5. The zero-order valence-corrected chi connectivity index (χ0v) is 10.9. The highest BCUT2D eigenvalue weighted by molar-refractivity contribution is 5.76. The van der Waals surface area contributed by atoms with Gasteiger partial charge < -0.3 is 10.1 Å². The molecule has 1 rings (SSSR count). The Kier molecular flexibility index (Phi) is 4.74. The van der Waals surface area contributed by atoms with Crippen molar-refractivity contribution >= 4 is 5.97 Å². The minimum absolute atomic E-state index is 0.0798. The van der Waals surface area contributed by atoms with Gasteiger partial charge >= 0.3 is 5.97 Å². The van der Waals surface area contributed by atoms with Crippen molar-refractivity contribution in [2.75, 3.05) is 32.8 Å². The Hall–Kier alpha value is -0.610. The smallest absolute Gasteiger partial charge is 0.323 e. The highest BCUT2D eigenvalue weighted by Crippen LogP contribution is 2.25. The van der Waals surface area contributed by atoms with Crippen LogP contribution in [0.15, 0.2) is 0 Å². The van der Waals surface area contributed by atoms with Crippen LogP contribution in [-0.4, -0.2) is 49.7 Å². The molecule has 1 saturated heterocycles. The first-order valence-electron chi connectivity index (χ1n) is 6.08. The van der Waals surface area contributed by atoms with E-state index in [1.807, 2.05) is 6.92 Å². The number of hydrogen-bond donors (Lipinski definition) is 1. The zero-order chi connectivity index (χ0) is 12.2. The van der Waals surface area contributed by atoms with Crippen LogP contribution in [0.5, 0.6) is 0 Å². The van der Waals surface area contributed by atoms with Crippen LogP contribution < -0.4 is 5.32 Å². The number of piperazine rings is 1. The summed E-state index contributed by atoms with van der Waals surface area (Å²) < 4.78 is 5.18. The predicted molar refractivity (Wildman–Crippen MR) is 64.3 cm³/mol. The molecular weight excluding hydrogens is 204 g/mol. The average Bonchev–Trinajstić information content (AvgIpc) is 2.17. The van der Waals surface area contributed by atoms with Gasteiger partial charge in [-0.3, -0.25) is 9.69 Å². The van der Waals surface area contributed by atoms with Crippen LogP contribution in [-0.2, 0) is 9.53 Å². The first kappa shape index (κ1) is 13.5. The predicted octanol–water partition coefficient (Wildman–Crippen LogP) is 0.869. The molecule has 1 heterocycles. The van der Waals surface area contributed by atoms with E-state index in [9.17, 15) is 4.79 Å². The molecule has 0 aliphatic carbocycles. The van der Waals surface area contributed by atoms with E-state index in [4.69, 9.17) is 4.74 Å². The third-order valence-electron chi connectivity index (χ3n) is 2.85. The van der Waals surface area contributed by atoms with Gasteiger partial charge in [-0.2, -0.15) is 0 Å². The number of ether oxygens (including phenoxy) is 1. The SMILES string of the molecule is CCOC(=O)C(N1CCNCC1)C(C)(C)C. The number of carbonyl (C=O) groups is 1. The lowest BCUT2D eigenvalue weighted by Gasteiger charge is -2.40. The number of esters is 1. The molecule has 0 aromatic heterocycles. The average molecular weight is 228 g/mol. The topological polar surface area (TPSA) is 41.6 Å². The van der Waals surface area contributed by atoms with Crippen LogP contribution >= 0.6 is 0 Å². The molecule has 16 heavy (non-hydrogen) atoms. The molecular formula is C12H24N2O2. The van der Waals surface area contributed by atoms with Gasteiger partial charge in [-0.15, -0.1) is 0 Å². The molecule has 0 spiro atoms. The molecule has 4 heteroatoms. The molecule has 94 valence electrons. The van der Waals surface area contributed by atoms with Crippen molar-refractivity contribution in [2.45, 2.75) is 33.7 Å². The van der Waals surface area contributed by atoms with Crippen molar-refractivity contribution in [1.29, 1.82) is 0 Å². The maximum atomic E-state index is 12.0. The Balaban J connectivity index is 2.73. The van der Waals surface area contributed by atoms with Gasteiger partial charge in [0.05, 0.1) is 6.61 Å². The summed E-state index contributed by atoms with van der Waals surface area (Å²) in [6.07, 6.45) is 0. The third-order valence-corrected chi connectivity index (χ3v) is 2.85. The van der Waals surface area contributed by atoms with E-state index in [1.165, 1.54) is 0 Å². The maximum Gasteiger partial charge on any atom is 0.323 e. The van der Waals surface area contributed by atoms with Gasteiger partial charge in [0.25, 0.3) is 0 Å². The molecule has 1 fully saturated rings. The second-order valence-electron chi connectivity index (χ2n) is 5.31. The Morgan fingerprint density at radius 3 is 2.38 bits per heavy atom. The molecule has 1 N–H and O–H groups in total. The normalized spacial score (nSPS) is 20.5. The van der Waals surface area contributed by atoms with E-state index in [2.05, 4.69) is 31.0 Å². The van der Waals surface area contributed by atoms with E-state index in [0.717, 1.165) is 26.2 Å². The lowest BCUT2D eigenvalue weighted by Crippen LogP contribution is -2.56. The van der Waals surface area contributed by atoms with Gasteiger partial charge in [0, 0.05) is 26.2 Å². The Bertz CT molecular complexity index is 230. The molecule has 0 saturated carbocycles. The van der Waals surface area contributed by atoms with Crippen molar-refractivity contribution in [3.8, 4) is 0 Å². The molecule has 1 atom stereocenters. The number of nitrogens with zero attached hydrogens (tertiary/aromatic N) is 1. The van der Waals surface area contributed by atoms with Gasteiger partial charge in [0.2, 0.25) is 0 Å². The van der Waals surface area contributed by atoms with E-state index in [0.29, 0.717) is 6.61 Å². The quantitative estimate of drug-likeness (QED) is 0.728. The molecule has 1 aliphatic heterocycles. The van der Waals surface area contributed by atoms with Crippen LogP contribution in [0.25, 0.3) is 0 Å². The van der Waals surface area contributed by atoms with Gasteiger partial charge in [0.1, 0.15) is 6.04 Å². The largest absolute Gasteiger partial charge is 0.465 e. The van der Waals surface area contributed by atoms with Gasteiger partial charge in [0.15, 0.2) is 0 Å². The standard InChI is InChI=1S/C12H24N2O2/c1-5-16-11(15)10(12(2,3)4)14-8-6-13-7-9-14/h10,13H,5-9H2,1-4H3. The summed E-state index contributed by atoms with van der Waals surface area (Å²) in [5.41, 5.74) is -0.0798. The van der Waals surface area contributed by atoms with Crippen molar-refractivity contribution in [1.82, 2.24) is 10.2 Å². The first-order valence-corrected chi connectivity index (χ1v) is 6.08. The van der Waals surface area contributed by atoms with Crippen LogP contribution in [0.1, 0.15) is 27.7 Å². The summed E-state index contributed by atoms with van der Waals surface area (Å²) in [5.74, 6) is -0.0862. The fraction of sp³-hybridized carbons (Fsp3) is 0.917. The van der Waals surface area contributed by atoms with Crippen LogP contribution in [0.3, 0.4) is 0 Å². The van der Waals surface area contributed by atoms with Crippen molar-refractivity contribution in [2.24, 2.45) is 5.41 Å². The van der Waals surface area contributed by atoms with Gasteiger partial charge in [-0.05, 0) is 12.3 Å². The van der Waals surface area contributed by atoms with Crippen molar-refractivity contribution in [3.63, 3.8) is 0 Å². The van der Waals surface area contributed by atoms with Crippen molar-refractivity contribution < 1.29 is 9.53 Å². The summed E-state index contributed by atoms with van der Waals surface area (Å²) in [6, 6.07) is -0.130. The number of hydrogen-bond acceptors (Lipinski definition) is 4. The lowest BCUT2D eigenvalue weighted by molar-refractivity contribution is -0.154. The monoisotopic (exact) mass is 228 g/mol. The van der Waals surface area contributed by atoms with E-state index in [1.54, 1.807) is 0 Å². The molecule has 4 nitrogen and oxygen atoms in total. The van der Waals surface area contributed by atoms with E-state index >= 15 is 0 Å². The third kappa shape index (κ3) is 3.46. The summed E-state index contributed by atoms with van der Waals surface area (Å²) >= 11 is 0.